The van der Waals surface area contributed by atoms with E-state index in [9.17, 15) is 4.79 Å². The lowest BCUT2D eigenvalue weighted by molar-refractivity contribution is -0.120. The molecule has 1 fully saturated rings. The summed E-state index contributed by atoms with van der Waals surface area (Å²) in [5.74, 6) is 0.164. The Morgan fingerprint density at radius 1 is 1.67 bits per heavy atom. The molecule has 1 rings (SSSR count). The minimum atomic E-state index is 0.164. The summed E-state index contributed by atoms with van der Waals surface area (Å²) in [5, 5.41) is 0. The monoisotopic (exact) mass is 125 g/mol. The number of amides is 1. The molecule has 0 N–H and O–H groups in total. The van der Waals surface area contributed by atoms with Crippen LogP contribution in [0.25, 0.3) is 0 Å². The van der Waals surface area contributed by atoms with Gasteiger partial charge in [-0.05, 0) is 12.5 Å². The third-order valence-electron chi connectivity index (χ3n) is 1.26. The molecule has 0 atom stereocenters. The maximum atomic E-state index is 10.8. The first-order chi connectivity index (χ1) is 4.34. The van der Waals surface area contributed by atoms with Gasteiger partial charge >= 0.3 is 0 Å². The van der Waals surface area contributed by atoms with Crippen molar-refractivity contribution in [1.82, 2.24) is 4.90 Å². The SMILES string of the molecule is CC/C=C/C(=O)N1CC1. The maximum Gasteiger partial charge on any atom is 0.246 e. The van der Waals surface area contributed by atoms with Gasteiger partial charge in [0.05, 0.1) is 0 Å². The van der Waals surface area contributed by atoms with Crippen molar-refractivity contribution in [2.75, 3.05) is 13.1 Å². The topological polar surface area (TPSA) is 20.1 Å². The van der Waals surface area contributed by atoms with Crippen LogP contribution in [-0.2, 0) is 4.79 Å². The summed E-state index contributed by atoms with van der Waals surface area (Å²) in [6.07, 6.45) is 4.48. The van der Waals surface area contributed by atoms with E-state index in [1.165, 1.54) is 0 Å². The third-order valence-corrected chi connectivity index (χ3v) is 1.26. The van der Waals surface area contributed by atoms with Gasteiger partial charge in [0, 0.05) is 13.1 Å². The first kappa shape index (κ1) is 6.33. The zero-order chi connectivity index (χ0) is 6.69. The average Bonchev–Trinajstić information content (AvgIpc) is 2.63. The van der Waals surface area contributed by atoms with E-state index >= 15 is 0 Å². The molecule has 0 unspecified atom stereocenters. The van der Waals surface area contributed by atoms with E-state index in [4.69, 9.17) is 0 Å². The van der Waals surface area contributed by atoms with Gasteiger partial charge in [0.25, 0.3) is 0 Å². The van der Waals surface area contributed by atoms with E-state index < -0.39 is 0 Å². The van der Waals surface area contributed by atoms with Crippen LogP contribution >= 0.6 is 0 Å². The molecule has 2 heteroatoms. The molecule has 1 aliphatic rings. The highest BCUT2D eigenvalue weighted by atomic mass is 16.2. The van der Waals surface area contributed by atoms with Crippen molar-refractivity contribution in [3.63, 3.8) is 0 Å². The van der Waals surface area contributed by atoms with Gasteiger partial charge in [0.15, 0.2) is 0 Å². The fourth-order valence-corrected chi connectivity index (χ4v) is 0.594. The van der Waals surface area contributed by atoms with Gasteiger partial charge in [0.1, 0.15) is 0 Å². The van der Waals surface area contributed by atoms with Gasteiger partial charge in [-0.25, -0.2) is 0 Å². The quantitative estimate of drug-likeness (QED) is 0.394. The molecular formula is C7H11NO. The number of allylic oxidation sites excluding steroid dienone is 1. The van der Waals surface area contributed by atoms with Crippen molar-refractivity contribution < 1.29 is 4.79 Å². The van der Waals surface area contributed by atoms with Crippen LogP contribution in [0.3, 0.4) is 0 Å². The van der Waals surface area contributed by atoms with E-state index in [-0.39, 0.29) is 5.91 Å². The van der Waals surface area contributed by atoms with Gasteiger partial charge in [-0.3, -0.25) is 4.79 Å². The number of nitrogens with zero attached hydrogens (tertiary/aromatic N) is 1. The van der Waals surface area contributed by atoms with Crippen molar-refractivity contribution in [3.05, 3.63) is 12.2 Å². The third kappa shape index (κ3) is 1.88. The van der Waals surface area contributed by atoms with E-state index in [0.717, 1.165) is 19.5 Å². The fourth-order valence-electron chi connectivity index (χ4n) is 0.594. The molecule has 0 aromatic carbocycles. The van der Waals surface area contributed by atoms with Crippen LogP contribution in [0.2, 0.25) is 0 Å². The van der Waals surface area contributed by atoms with Crippen molar-refractivity contribution in [3.8, 4) is 0 Å². The molecule has 0 aliphatic carbocycles. The average molecular weight is 125 g/mol. The normalized spacial score (nSPS) is 16.8. The standard InChI is InChI=1S/C7H11NO/c1-2-3-4-7(9)8-5-6-8/h3-4H,2,5-6H2,1H3/b4-3+. The van der Waals surface area contributed by atoms with E-state index in [1.807, 2.05) is 13.0 Å². The Labute approximate surface area is 55.2 Å². The largest absolute Gasteiger partial charge is 0.336 e. The maximum absolute atomic E-state index is 10.8. The van der Waals surface area contributed by atoms with Crippen LogP contribution in [0.15, 0.2) is 12.2 Å². The summed E-state index contributed by atoms with van der Waals surface area (Å²) >= 11 is 0. The van der Waals surface area contributed by atoms with E-state index in [1.54, 1.807) is 11.0 Å². The summed E-state index contributed by atoms with van der Waals surface area (Å²) in [6, 6.07) is 0. The highest BCUT2D eigenvalue weighted by Crippen LogP contribution is 2.03. The predicted octanol–water partition coefficient (Wildman–Crippen LogP) is 0.795. The van der Waals surface area contributed by atoms with Crippen LogP contribution in [0.1, 0.15) is 13.3 Å². The highest BCUT2D eigenvalue weighted by molar-refractivity contribution is 5.89. The van der Waals surface area contributed by atoms with Gasteiger partial charge in [-0.15, -0.1) is 0 Å². The van der Waals surface area contributed by atoms with E-state index in [2.05, 4.69) is 0 Å². The lowest BCUT2D eigenvalue weighted by atomic mass is 10.4. The minimum Gasteiger partial charge on any atom is -0.336 e. The van der Waals surface area contributed by atoms with Gasteiger partial charge < -0.3 is 4.90 Å². The second-order valence-electron chi connectivity index (χ2n) is 2.14. The zero-order valence-corrected chi connectivity index (χ0v) is 5.63. The molecule has 0 aromatic rings. The Balaban J connectivity index is 2.25. The number of hydrogen-bond donors (Lipinski definition) is 0. The van der Waals surface area contributed by atoms with Crippen molar-refractivity contribution in [2.24, 2.45) is 0 Å². The summed E-state index contributed by atoms with van der Waals surface area (Å²) in [5.41, 5.74) is 0. The summed E-state index contributed by atoms with van der Waals surface area (Å²) in [6.45, 7) is 3.92. The molecule has 1 heterocycles. The van der Waals surface area contributed by atoms with Gasteiger partial charge in [-0.2, -0.15) is 0 Å². The van der Waals surface area contributed by atoms with Crippen molar-refractivity contribution in [2.45, 2.75) is 13.3 Å². The lowest BCUT2D eigenvalue weighted by Gasteiger charge is -1.90. The van der Waals surface area contributed by atoms with E-state index in [0.29, 0.717) is 0 Å². The molecule has 1 amide bonds. The van der Waals surface area contributed by atoms with Crippen LogP contribution < -0.4 is 0 Å². The molecule has 0 saturated carbocycles. The number of rotatable bonds is 2. The Hall–Kier alpha value is -0.790. The summed E-state index contributed by atoms with van der Waals surface area (Å²) in [4.78, 5) is 12.6. The number of carbonyl (C=O) groups excluding carboxylic acids is 1. The highest BCUT2D eigenvalue weighted by Gasteiger charge is 2.20. The number of hydrogen-bond acceptors (Lipinski definition) is 1. The molecule has 1 aliphatic heterocycles. The molecular weight excluding hydrogens is 114 g/mol. The smallest absolute Gasteiger partial charge is 0.246 e. The first-order valence-electron chi connectivity index (χ1n) is 3.30. The Morgan fingerprint density at radius 2 is 2.33 bits per heavy atom. The van der Waals surface area contributed by atoms with Gasteiger partial charge in [0.2, 0.25) is 5.91 Å². The molecule has 0 bridgehead atoms. The second kappa shape index (κ2) is 2.67. The Kier molecular flexibility index (Phi) is 1.88. The molecule has 50 valence electrons. The van der Waals surface area contributed by atoms with Crippen LogP contribution in [-0.4, -0.2) is 23.9 Å². The molecule has 0 radical (unpaired) electrons. The lowest BCUT2D eigenvalue weighted by Crippen LogP contribution is -2.05. The zero-order valence-electron chi connectivity index (χ0n) is 5.63. The second-order valence-corrected chi connectivity index (χ2v) is 2.14. The predicted molar refractivity (Wildman–Crippen MR) is 36.0 cm³/mol. The number of carbonyl (C=O) groups is 1. The van der Waals surface area contributed by atoms with Crippen molar-refractivity contribution >= 4 is 5.91 Å². The summed E-state index contributed by atoms with van der Waals surface area (Å²) < 4.78 is 0. The molecule has 1 saturated heterocycles. The summed E-state index contributed by atoms with van der Waals surface area (Å²) in [7, 11) is 0. The Bertz CT molecular complexity index is 136. The van der Waals surface area contributed by atoms with Crippen LogP contribution in [0, 0.1) is 0 Å². The fraction of sp³-hybridized carbons (Fsp3) is 0.571. The molecule has 0 spiro atoms. The molecule has 2 nitrogen and oxygen atoms in total. The van der Waals surface area contributed by atoms with Crippen LogP contribution in [0.4, 0.5) is 0 Å². The van der Waals surface area contributed by atoms with Gasteiger partial charge in [-0.1, -0.05) is 13.0 Å². The Morgan fingerprint density at radius 3 is 2.78 bits per heavy atom. The molecule has 9 heavy (non-hydrogen) atoms. The first-order valence-corrected chi connectivity index (χ1v) is 3.30. The van der Waals surface area contributed by atoms with Crippen molar-refractivity contribution in [1.29, 1.82) is 0 Å². The molecule has 0 aromatic heterocycles. The van der Waals surface area contributed by atoms with Crippen LogP contribution in [0.5, 0.6) is 0 Å². The minimum absolute atomic E-state index is 0.164.